The minimum absolute atomic E-state index is 0.0187. The second kappa shape index (κ2) is 6.65. The van der Waals surface area contributed by atoms with Crippen LogP contribution in [0, 0.1) is 5.82 Å². The van der Waals surface area contributed by atoms with Crippen molar-refractivity contribution >= 4 is 5.78 Å². The number of ketones is 1. The summed E-state index contributed by atoms with van der Waals surface area (Å²) in [6, 6.07) is 2.18. The summed E-state index contributed by atoms with van der Waals surface area (Å²) in [7, 11) is 0. The SMILES string of the molecule is CCCOCCC(=O)c1ccc(C(F)(F)F)c(F)c1. The molecule has 0 saturated carbocycles. The van der Waals surface area contributed by atoms with E-state index in [1.54, 1.807) is 0 Å². The van der Waals surface area contributed by atoms with E-state index in [1.807, 2.05) is 6.92 Å². The van der Waals surface area contributed by atoms with Gasteiger partial charge in [-0.2, -0.15) is 13.2 Å². The average Bonchev–Trinajstić information content (AvgIpc) is 2.32. The van der Waals surface area contributed by atoms with E-state index in [-0.39, 0.29) is 18.6 Å². The molecule has 6 heteroatoms. The van der Waals surface area contributed by atoms with Gasteiger partial charge in [0.05, 0.1) is 12.2 Å². The molecule has 0 spiro atoms. The van der Waals surface area contributed by atoms with Crippen LogP contribution < -0.4 is 0 Å². The lowest BCUT2D eigenvalue weighted by Crippen LogP contribution is -2.10. The second-order valence-corrected chi connectivity index (χ2v) is 3.98. The average molecular weight is 278 g/mol. The molecule has 0 aliphatic carbocycles. The number of Topliss-reactive ketones (excluding diaryl/α,β-unsaturated/α-hetero) is 1. The molecule has 0 N–H and O–H groups in total. The van der Waals surface area contributed by atoms with Gasteiger partial charge in [-0.05, 0) is 18.6 Å². The number of ether oxygens (including phenoxy) is 1. The second-order valence-electron chi connectivity index (χ2n) is 3.98. The maximum atomic E-state index is 13.2. The number of carbonyl (C=O) groups excluding carboxylic acids is 1. The summed E-state index contributed by atoms with van der Waals surface area (Å²) in [5.74, 6) is -1.88. The highest BCUT2D eigenvalue weighted by molar-refractivity contribution is 5.96. The van der Waals surface area contributed by atoms with E-state index < -0.39 is 23.3 Å². The Morgan fingerprint density at radius 3 is 2.47 bits per heavy atom. The highest BCUT2D eigenvalue weighted by atomic mass is 19.4. The first kappa shape index (κ1) is 15.6. The van der Waals surface area contributed by atoms with Crippen molar-refractivity contribution in [1.82, 2.24) is 0 Å². The van der Waals surface area contributed by atoms with Crippen LogP contribution in [0.15, 0.2) is 18.2 Å². The molecule has 0 unspecified atom stereocenters. The minimum atomic E-state index is -4.75. The van der Waals surface area contributed by atoms with Crippen molar-refractivity contribution in [2.45, 2.75) is 25.9 Å². The lowest BCUT2D eigenvalue weighted by molar-refractivity contribution is -0.140. The standard InChI is InChI=1S/C13H14F4O2/c1-2-6-19-7-5-12(18)9-3-4-10(11(14)8-9)13(15,16)17/h3-4,8H,2,5-7H2,1H3. The number of rotatable bonds is 6. The normalized spacial score (nSPS) is 11.6. The number of carbonyl (C=O) groups is 1. The first-order valence-corrected chi connectivity index (χ1v) is 5.84. The fourth-order valence-corrected chi connectivity index (χ4v) is 1.47. The Hall–Kier alpha value is -1.43. The van der Waals surface area contributed by atoms with Crippen molar-refractivity contribution in [1.29, 1.82) is 0 Å². The van der Waals surface area contributed by atoms with Crippen LogP contribution in [0.3, 0.4) is 0 Å². The Morgan fingerprint density at radius 2 is 1.95 bits per heavy atom. The third-order valence-corrected chi connectivity index (χ3v) is 2.42. The molecule has 0 aliphatic rings. The zero-order valence-electron chi connectivity index (χ0n) is 10.4. The third-order valence-electron chi connectivity index (χ3n) is 2.42. The molecule has 1 aromatic rings. The maximum Gasteiger partial charge on any atom is 0.419 e. The fraction of sp³-hybridized carbons (Fsp3) is 0.462. The third kappa shape index (κ3) is 4.63. The first-order chi connectivity index (χ1) is 8.86. The first-order valence-electron chi connectivity index (χ1n) is 5.84. The molecule has 0 atom stereocenters. The van der Waals surface area contributed by atoms with Crippen molar-refractivity contribution in [3.63, 3.8) is 0 Å². The highest BCUT2D eigenvalue weighted by Gasteiger charge is 2.34. The topological polar surface area (TPSA) is 26.3 Å². The lowest BCUT2D eigenvalue weighted by atomic mass is 10.1. The predicted octanol–water partition coefficient (Wildman–Crippen LogP) is 3.84. The van der Waals surface area contributed by atoms with Crippen molar-refractivity contribution in [2.75, 3.05) is 13.2 Å². The van der Waals surface area contributed by atoms with E-state index in [0.717, 1.165) is 12.5 Å². The molecule has 1 aromatic carbocycles. The van der Waals surface area contributed by atoms with E-state index in [4.69, 9.17) is 4.74 Å². The molecule has 0 saturated heterocycles. The smallest absolute Gasteiger partial charge is 0.381 e. The number of halogens is 4. The summed E-state index contributed by atoms with van der Waals surface area (Å²) >= 11 is 0. The Labute approximate surface area is 108 Å². The maximum absolute atomic E-state index is 13.2. The van der Waals surface area contributed by atoms with E-state index in [9.17, 15) is 22.4 Å². The molecule has 0 radical (unpaired) electrons. The van der Waals surface area contributed by atoms with Gasteiger partial charge < -0.3 is 4.74 Å². The van der Waals surface area contributed by atoms with E-state index >= 15 is 0 Å². The van der Waals surface area contributed by atoms with Crippen LogP contribution >= 0.6 is 0 Å². The Kier molecular flexibility index (Phi) is 5.47. The fourth-order valence-electron chi connectivity index (χ4n) is 1.47. The summed E-state index contributed by atoms with van der Waals surface area (Å²) in [4.78, 5) is 11.6. The number of benzene rings is 1. The summed E-state index contributed by atoms with van der Waals surface area (Å²) in [6.07, 6.45) is -3.93. The number of hydrogen-bond acceptors (Lipinski definition) is 2. The van der Waals surface area contributed by atoms with Crippen LogP contribution in [0.25, 0.3) is 0 Å². The van der Waals surface area contributed by atoms with Gasteiger partial charge in [0.15, 0.2) is 5.78 Å². The zero-order valence-corrected chi connectivity index (χ0v) is 10.4. The van der Waals surface area contributed by atoms with E-state index in [1.165, 1.54) is 0 Å². The van der Waals surface area contributed by atoms with E-state index in [2.05, 4.69) is 0 Å². The summed E-state index contributed by atoms with van der Waals surface area (Å²) < 4.78 is 55.3. The molecule has 0 fully saturated rings. The van der Waals surface area contributed by atoms with Gasteiger partial charge in [0.1, 0.15) is 5.82 Å². The minimum Gasteiger partial charge on any atom is -0.381 e. The number of hydrogen-bond donors (Lipinski definition) is 0. The molecule has 0 aromatic heterocycles. The Morgan fingerprint density at radius 1 is 1.26 bits per heavy atom. The highest BCUT2D eigenvalue weighted by Crippen LogP contribution is 2.31. The van der Waals surface area contributed by atoms with Gasteiger partial charge in [0, 0.05) is 18.6 Å². The lowest BCUT2D eigenvalue weighted by Gasteiger charge is -2.09. The van der Waals surface area contributed by atoms with Crippen molar-refractivity contribution < 1.29 is 27.1 Å². The summed E-state index contributed by atoms with van der Waals surface area (Å²) in [5, 5.41) is 0. The van der Waals surface area contributed by atoms with Gasteiger partial charge >= 0.3 is 6.18 Å². The quantitative estimate of drug-likeness (QED) is 0.449. The molecule has 0 heterocycles. The van der Waals surface area contributed by atoms with Gasteiger partial charge in [-0.15, -0.1) is 0 Å². The van der Waals surface area contributed by atoms with Crippen LogP contribution in [-0.2, 0) is 10.9 Å². The molecule has 0 aliphatic heterocycles. The Balaban J connectivity index is 2.70. The van der Waals surface area contributed by atoms with Gasteiger partial charge in [-0.1, -0.05) is 13.0 Å². The van der Waals surface area contributed by atoms with Crippen molar-refractivity contribution in [3.05, 3.63) is 35.1 Å². The van der Waals surface area contributed by atoms with Crippen LogP contribution in [0.1, 0.15) is 35.7 Å². The predicted molar refractivity (Wildman–Crippen MR) is 61.5 cm³/mol. The van der Waals surface area contributed by atoms with Gasteiger partial charge in [-0.25, -0.2) is 4.39 Å². The van der Waals surface area contributed by atoms with E-state index in [0.29, 0.717) is 18.7 Å². The zero-order chi connectivity index (χ0) is 14.5. The molecular weight excluding hydrogens is 264 g/mol. The molecule has 106 valence electrons. The number of alkyl halides is 3. The molecular formula is C13H14F4O2. The van der Waals surface area contributed by atoms with Crippen LogP contribution in [0.5, 0.6) is 0 Å². The van der Waals surface area contributed by atoms with Gasteiger partial charge in [0.25, 0.3) is 0 Å². The van der Waals surface area contributed by atoms with Crippen LogP contribution in [0.2, 0.25) is 0 Å². The van der Waals surface area contributed by atoms with Crippen LogP contribution in [-0.4, -0.2) is 19.0 Å². The molecule has 19 heavy (non-hydrogen) atoms. The van der Waals surface area contributed by atoms with Crippen molar-refractivity contribution in [2.24, 2.45) is 0 Å². The van der Waals surface area contributed by atoms with Crippen LogP contribution in [0.4, 0.5) is 17.6 Å². The monoisotopic (exact) mass is 278 g/mol. The van der Waals surface area contributed by atoms with Gasteiger partial charge in [-0.3, -0.25) is 4.79 Å². The largest absolute Gasteiger partial charge is 0.419 e. The van der Waals surface area contributed by atoms with Crippen molar-refractivity contribution in [3.8, 4) is 0 Å². The van der Waals surface area contributed by atoms with Gasteiger partial charge in [0.2, 0.25) is 0 Å². The Bertz CT molecular complexity index is 441. The molecule has 0 bridgehead atoms. The molecule has 0 amide bonds. The summed E-state index contributed by atoms with van der Waals surface area (Å²) in [6.45, 7) is 2.59. The molecule has 2 nitrogen and oxygen atoms in total. The summed E-state index contributed by atoms with van der Waals surface area (Å²) in [5.41, 5.74) is -1.45. The molecule has 1 rings (SSSR count).